The van der Waals surface area contributed by atoms with Crippen molar-refractivity contribution in [2.45, 2.75) is 71.6 Å². The summed E-state index contributed by atoms with van der Waals surface area (Å²) in [6.45, 7) is 13.6. The number of hydrogen-bond donors (Lipinski definition) is 3. The average Bonchev–Trinajstić information content (AvgIpc) is 3.13. The third-order valence-corrected chi connectivity index (χ3v) is 6.58. The molecule has 0 aromatic heterocycles. The van der Waals surface area contributed by atoms with Gasteiger partial charge in [-0.1, -0.05) is 20.8 Å². The minimum absolute atomic E-state index is 0. The Morgan fingerprint density at radius 1 is 1.17 bits per heavy atom. The van der Waals surface area contributed by atoms with Crippen LogP contribution in [0, 0.1) is 11.3 Å². The highest BCUT2D eigenvalue weighted by Gasteiger charge is 2.59. The van der Waals surface area contributed by atoms with Crippen LogP contribution in [0.25, 0.3) is 0 Å². The number of carbonyl (C=O) groups excluding carboxylic acids is 1. The molecule has 7 nitrogen and oxygen atoms in total. The quantitative estimate of drug-likeness (QED) is 0.271. The highest BCUT2D eigenvalue weighted by molar-refractivity contribution is 14.0. The summed E-state index contributed by atoms with van der Waals surface area (Å²) in [5.74, 6) is 1.68. The van der Waals surface area contributed by atoms with Gasteiger partial charge >= 0.3 is 0 Å². The van der Waals surface area contributed by atoms with Gasteiger partial charge in [-0.3, -0.25) is 14.7 Å². The number of rotatable bonds is 7. The van der Waals surface area contributed by atoms with E-state index in [0.717, 1.165) is 64.4 Å². The van der Waals surface area contributed by atoms with Gasteiger partial charge in [0.1, 0.15) is 0 Å². The number of aliphatic imine (C=N–C) groups is 1. The molecule has 168 valence electrons. The fourth-order valence-electron chi connectivity index (χ4n) is 5.01. The number of piperidine rings is 1. The summed E-state index contributed by atoms with van der Waals surface area (Å²) in [6, 6.07) is 0.826. The lowest BCUT2D eigenvalue weighted by Crippen LogP contribution is -2.68. The molecule has 2 heterocycles. The largest absolute Gasteiger partial charge is 0.377 e. The normalized spacial score (nSPS) is 29.4. The van der Waals surface area contributed by atoms with E-state index in [2.05, 4.69) is 48.5 Å². The fraction of sp³-hybridized carbons (Fsp3) is 0.905. The molecule has 3 fully saturated rings. The molecule has 1 amide bonds. The van der Waals surface area contributed by atoms with Gasteiger partial charge in [-0.05, 0) is 32.6 Å². The van der Waals surface area contributed by atoms with Crippen molar-refractivity contribution in [1.82, 2.24) is 20.9 Å². The zero-order valence-electron chi connectivity index (χ0n) is 18.5. The number of fused-ring (bicyclic) bond motifs is 1. The van der Waals surface area contributed by atoms with E-state index in [1.54, 1.807) is 0 Å². The predicted octanol–water partition coefficient (Wildman–Crippen LogP) is 1.96. The number of nitrogens with one attached hydrogen (secondary N) is 3. The zero-order valence-corrected chi connectivity index (χ0v) is 20.8. The Labute approximate surface area is 193 Å². The summed E-state index contributed by atoms with van der Waals surface area (Å²) in [4.78, 5) is 18.9. The van der Waals surface area contributed by atoms with Crippen molar-refractivity contribution in [2.24, 2.45) is 16.3 Å². The highest BCUT2D eigenvalue weighted by Crippen LogP contribution is 2.52. The summed E-state index contributed by atoms with van der Waals surface area (Å²) in [5, 5.41) is 10.3. The molecular weight excluding hydrogens is 481 g/mol. The summed E-state index contributed by atoms with van der Waals surface area (Å²) in [5.41, 5.74) is 0.145. The summed E-state index contributed by atoms with van der Waals surface area (Å²) < 4.78 is 5.92. The van der Waals surface area contributed by atoms with Crippen LogP contribution in [-0.2, 0) is 9.53 Å². The molecule has 3 atom stereocenters. The molecule has 2 aliphatic heterocycles. The molecule has 3 rings (SSSR count). The van der Waals surface area contributed by atoms with Crippen molar-refractivity contribution in [2.75, 3.05) is 39.3 Å². The van der Waals surface area contributed by atoms with E-state index in [4.69, 9.17) is 9.73 Å². The first kappa shape index (κ1) is 24.7. The van der Waals surface area contributed by atoms with E-state index in [9.17, 15) is 4.79 Å². The van der Waals surface area contributed by atoms with Gasteiger partial charge in [0.15, 0.2) is 5.96 Å². The average molecular weight is 521 g/mol. The van der Waals surface area contributed by atoms with Gasteiger partial charge in [-0.25, -0.2) is 0 Å². The van der Waals surface area contributed by atoms with Gasteiger partial charge in [-0.2, -0.15) is 0 Å². The first-order chi connectivity index (χ1) is 13.5. The molecule has 0 spiro atoms. The number of carbonyl (C=O) groups is 1. The Morgan fingerprint density at radius 3 is 2.55 bits per heavy atom. The highest BCUT2D eigenvalue weighted by atomic mass is 127. The van der Waals surface area contributed by atoms with E-state index in [-0.39, 0.29) is 35.3 Å². The van der Waals surface area contributed by atoms with E-state index in [0.29, 0.717) is 30.7 Å². The second-order valence-electron chi connectivity index (χ2n) is 9.05. The van der Waals surface area contributed by atoms with E-state index in [1.807, 2.05) is 0 Å². The lowest BCUT2D eigenvalue weighted by Gasteiger charge is -2.55. The van der Waals surface area contributed by atoms with Crippen molar-refractivity contribution in [1.29, 1.82) is 0 Å². The maximum Gasteiger partial charge on any atom is 0.234 e. The van der Waals surface area contributed by atoms with Crippen LogP contribution in [0.1, 0.15) is 53.4 Å². The van der Waals surface area contributed by atoms with E-state index in [1.165, 1.54) is 0 Å². The van der Waals surface area contributed by atoms with Gasteiger partial charge in [0.2, 0.25) is 5.91 Å². The summed E-state index contributed by atoms with van der Waals surface area (Å²) in [6.07, 6.45) is 4.58. The second kappa shape index (κ2) is 11.1. The van der Waals surface area contributed by atoms with Crippen molar-refractivity contribution in [3.63, 3.8) is 0 Å². The number of likely N-dealkylation sites (tertiary alicyclic amines) is 1. The lowest BCUT2D eigenvalue weighted by atomic mass is 9.57. The smallest absolute Gasteiger partial charge is 0.234 e. The van der Waals surface area contributed by atoms with Crippen molar-refractivity contribution in [3.8, 4) is 0 Å². The molecular formula is C21H40IN5O2. The maximum atomic E-state index is 11.9. The number of hydrogen-bond acceptors (Lipinski definition) is 4. The first-order valence-electron chi connectivity index (χ1n) is 11.1. The Hall–Kier alpha value is -0.610. The van der Waals surface area contributed by atoms with Crippen molar-refractivity contribution in [3.05, 3.63) is 0 Å². The second-order valence-corrected chi connectivity index (χ2v) is 9.05. The Balaban J connectivity index is 0.00000300. The zero-order chi connectivity index (χ0) is 20.1. The van der Waals surface area contributed by atoms with E-state index >= 15 is 0 Å². The Bertz CT molecular complexity index is 563. The Morgan fingerprint density at radius 2 is 1.90 bits per heavy atom. The molecule has 3 N–H and O–H groups in total. The van der Waals surface area contributed by atoms with Crippen LogP contribution in [0.2, 0.25) is 0 Å². The fourth-order valence-corrected chi connectivity index (χ4v) is 5.01. The minimum Gasteiger partial charge on any atom is -0.377 e. The van der Waals surface area contributed by atoms with Gasteiger partial charge in [0.05, 0.1) is 12.6 Å². The third-order valence-electron chi connectivity index (χ3n) is 6.58. The third kappa shape index (κ3) is 5.97. The molecule has 0 aromatic rings. The topological polar surface area (TPSA) is 78.0 Å². The van der Waals surface area contributed by atoms with Crippen LogP contribution < -0.4 is 16.0 Å². The predicted molar refractivity (Wildman–Crippen MR) is 128 cm³/mol. The van der Waals surface area contributed by atoms with Crippen LogP contribution in [-0.4, -0.2) is 74.3 Å². The van der Waals surface area contributed by atoms with Crippen LogP contribution >= 0.6 is 24.0 Å². The molecule has 29 heavy (non-hydrogen) atoms. The molecule has 3 unspecified atom stereocenters. The van der Waals surface area contributed by atoms with Gasteiger partial charge in [0, 0.05) is 56.2 Å². The van der Waals surface area contributed by atoms with Crippen molar-refractivity contribution < 1.29 is 9.53 Å². The maximum absolute atomic E-state index is 11.9. The number of ether oxygens (including phenoxy) is 1. The van der Waals surface area contributed by atoms with Crippen LogP contribution in [0.5, 0.6) is 0 Å². The number of halogens is 1. The molecule has 0 aromatic carbocycles. The van der Waals surface area contributed by atoms with Gasteiger partial charge < -0.3 is 20.7 Å². The molecule has 1 saturated carbocycles. The standard InChI is InChI=1S/C21H39N5O2.HI/c1-5-10-23-17(27)14-26-11-7-15(8-12-26)24-20(22-6-2)25-18-16-9-13-28-19(16)21(18,3)4;/h15-16,18-19H,5-14H2,1-4H3,(H,23,27)(H2,22,24,25);1H. The molecule has 0 bridgehead atoms. The first-order valence-corrected chi connectivity index (χ1v) is 11.1. The SMILES string of the molecule is CCCNC(=O)CN1CCC(NC(=NCC)NC2C3CCOC3C2(C)C)CC1.I. The van der Waals surface area contributed by atoms with Gasteiger partial charge in [-0.15, -0.1) is 24.0 Å². The number of guanidine groups is 1. The summed E-state index contributed by atoms with van der Waals surface area (Å²) in [7, 11) is 0. The molecule has 2 saturated heterocycles. The molecule has 3 aliphatic rings. The van der Waals surface area contributed by atoms with Crippen LogP contribution in [0.15, 0.2) is 4.99 Å². The minimum atomic E-state index is 0. The monoisotopic (exact) mass is 521 g/mol. The van der Waals surface area contributed by atoms with Crippen molar-refractivity contribution >= 4 is 35.8 Å². The van der Waals surface area contributed by atoms with E-state index < -0.39 is 0 Å². The molecule has 1 aliphatic carbocycles. The number of nitrogens with zero attached hydrogens (tertiary/aromatic N) is 2. The number of amides is 1. The van der Waals surface area contributed by atoms with Crippen LogP contribution in [0.4, 0.5) is 0 Å². The Kier molecular flexibility index (Phi) is 9.47. The summed E-state index contributed by atoms with van der Waals surface area (Å²) >= 11 is 0. The molecule has 0 radical (unpaired) electrons. The lowest BCUT2D eigenvalue weighted by molar-refractivity contribution is -0.122. The van der Waals surface area contributed by atoms with Crippen LogP contribution in [0.3, 0.4) is 0 Å². The van der Waals surface area contributed by atoms with Gasteiger partial charge in [0.25, 0.3) is 0 Å². The molecule has 8 heteroatoms.